The lowest BCUT2D eigenvalue weighted by Crippen LogP contribution is -2.48. The van der Waals surface area contributed by atoms with Gasteiger partial charge in [-0.25, -0.2) is 0 Å². The summed E-state index contributed by atoms with van der Waals surface area (Å²) < 4.78 is 27.9. The topological polar surface area (TPSA) is 60.9 Å². The zero-order valence-corrected chi connectivity index (χ0v) is 11.0. The summed E-state index contributed by atoms with van der Waals surface area (Å²) in [6.45, 7) is 2.22. The summed E-state index contributed by atoms with van der Waals surface area (Å²) in [4.78, 5) is 0. The van der Waals surface area contributed by atoms with Gasteiger partial charge in [0, 0.05) is 26.2 Å². The van der Waals surface area contributed by atoms with Crippen molar-refractivity contribution in [2.75, 3.05) is 26.2 Å². The number of hydrogen-bond donors (Lipinski definition) is 1. The fraction of sp³-hybridized carbons (Fsp3) is 1.00. The van der Waals surface area contributed by atoms with E-state index in [0.717, 1.165) is 25.7 Å². The maximum Gasteiger partial charge on any atom is 0.281 e. The van der Waals surface area contributed by atoms with Crippen LogP contribution in [-0.4, -0.2) is 54.4 Å². The van der Waals surface area contributed by atoms with Gasteiger partial charge in [-0.3, -0.25) is 0 Å². The van der Waals surface area contributed by atoms with Gasteiger partial charge in [-0.2, -0.15) is 17.0 Å². The number of aliphatic hydroxyl groups is 1. The van der Waals surface area contributed by atoms with Crippen molar-refractivity contribution >= 4 is 10.2 Å². The molecular weight excluding hydrogens is 240 g/mol. The van der Waals surface area contributed by atoms with Gasteiger partial charge in [-0.1, -0.05) is 12.8 Å². The second kappa shape index (κ2) is 5.65. The van der Waals surface area contributed by atoms with Crippen LogP contribution in [-0.2, 0) is 10.2 Å². The molecule has 2 saturated heterocycles. The predicted octanol–water partition coefficient (Wildman–Crippen LogP) is 0.564. The largest absolute Gasteiger partial charge is 0.393 e. The van der Waals surface area contributed by atoms with Crippen LogP contribution in [0.5, 0.6) is 0 Å². The molecule has 0 unspecified atom stereocenters. The summed E-state index contributed by atoms with van der Waals surface area (Å²) in [6.07, 6.45) is 4.99. The molecule has 2 aliphatic heterocycles. The van der Waals surface area contributed by atoms with Crippen molar-refractivity contribution in [1.82, 2.24) is 8.61 Å². The lowest BCUT2D eigenvalue weighted by atomic mass is 10.1. The van der Waals surface area contributed by atoms with Crippen molar-refractivity contribution in [3.8, 4) is 0 Å². The smallest absolute Gasteiger partial charge is 0.281 e. The van der Waals surface area contributed by atoms with Crippen LogP contribution < -0.4 is 0 Å². The molecule has 0 amide bonds. The molecular formula is C11H22N2O3S. The molecule has 6 heteroatoms. The van der Waals surface area contributed by atoms with Crippen LogP contribution in [0, 0.1) is 0 Å². The van der Waals surface area contributed by atoms with Crippen molar-refractivity contribution < 1.29 is 13.5 Å². The highest BCUT2D eigenvalue weighted by atomic mass is 32.2. The molecule has 0 atom stereocenters. The Morgan fingerprint density at radius 2 is 1.29 bits per heavy atom. The maximum absolute atomic E-state index is 12.4. The van der Waals surface area contributed by atoms with Crippen LogP contribution in [0.3, 0.4) is 0 Å². The van der Waals surface area contributed by atoms with E-state index in [9.17, 15) is 13.5 Å². The van der Waals surface area contributed by atoms with E-state index in [2.05, 4.69) is 0 Å². The lowest BCUT2D eigenvalue weighted by Gasteiger charge is -2.33. The summed E-state index contributed by atoms with van der Waals surface area (Å²) in [7, 11) is -3.28. The summed E-state index contributed by atoms with van der Waals surface area (Å²) in [5.74, 6) is 0. The molecule has 2 fully saturated rings. The van der Waals surface area contributed by atoms with Gasteiger partial charge < -0.3 is 5.11 Å². The Balaban J connectivity index is 2.01. The minimum atomic E-state index is -3.28. The average molecular weight is 262 g/mol. The fourth-order valence-electron chi connectivity index (χ4n) is 2.51. The minimum Gasteiger partial charge on any atom is -0.393 e. The summed E-state index contributed by atoms with van der Waals surface area (Å²) in [5, 5.41) is 9.41. The highest BCUT2D eigenvalue weighted by Crippen LogP contribution is 2.20. The fourth-order valence-corrected chi connectivity index (χ4v) is 4.23. The molecule has 0 aromatic carbocycles. The van der Waals surface area contributed by atoms with Crippen LogP contribution in [0.15, 0.2) is 0 Å². The van der Waals surface area contributed by atoms with Crippen molar-refractivity contribution in [2.45, 2.75) is 44.6 Å². The third kappa shape index (κ3) is 3.19. The van der Waals surface area contributed by atoms with Crippen molar-refractivity contribution in [3.63, 3.8) is 0 Å². The molecule has 100 valence electrons. The highest BCUT2D eigenvalue weighted by molar-refractivity contribution is 7.86. The number of piperidine rings is 1. The van der Waals surface area contributed by atoms with Crippen LogP contribution >= 0.6 is 0 Å². The van der Waals surface area contributed by atoms with E-state index in [-0.39, 0.29) is 6.10 Å². The Morgan fingerprint density at radius 1 is 0.824 bits per heavy atom. The first-order valence-electron chi connectivity index (χ1n) is 6.54. The van der Waals surface area contributed by atoms with E-state index >= 15 is 0 Å². The van der Waals surface area contributed by atoms with E-state index < -0.39 is 10.2 Å². The van der Waals surface area contributed by atoms with E-state index in [1.165, 1.54) is 4.31 Å². The lowest BCUT2D eigenvalue weighted by molar-refractivity contribution is 0.110. The molecule has 5 nitrogen and oxygen atoms in total. The zero-order chi connectivity index (χ0) is 12.3. The molecule has 0 aromatic rings. The van der Waals surface area contributed by atoms with Gasteiger partial charge in [0.1, 0.15) is 0 Å². The Bertz CT molecular complexity index is 329. The normalized spacial score (nSPS) is 26.9. The minimum absolute atomic E-state index is 0.328. The second-order valence-electron chi connectivity index (χ2n) is 4.95. The number of aliphatic hydroxyl groups excluding tert-OH is 1. The van der Waals surface area contributed by atoms with E-state index in [1.807, 2.05) is 0 Å². The molecule has 0 aromatic heterocycles. The Labute approximate surface area is 104 Å². The van der Waals surface area contributed by atoms with Crippen LogP contribution in [0.2, 0.25) is 0 Å². The molecule has 0 aliphatic carbocycles. The standard InChI is InChI=1S/C11H22N2O3S/c14-11-5-9-13(10-6-11)17(15,16)12-7-3-1-2-4-8-12/h11,14H,1-10H2. The molecule has 0 spiro atoms. The molecule has 0 radical (unpaired) electrons. The summed E-state index contributed by atoms with van der Waals surface area (Å²) >= 11 is 0. The number of hydrogen-bond acceptors (Lipinski definition) is 3. The molecule has 0 saturated carbocycles. The van der Waals surface area contributed by atoms with Crippen molar-refractivity contribution in [2.24, 2.45) is 0 Å². The first kappa shape index (κ1) is 13.3. The monoisotopic (exact) mass is 262 g/mol. The Kier molecular flexibility index (Phi) is 4.41. The van der Waals surface area contributed by atoms with E-state index in [0.29, 0.717) is 39.0 Å². The molecule has 0 bridgehead atoms. The highest BCUT2D eigenvalue weighted by Gasteiger charge is 2.32. The van der Waals surface area contributed by atoms with Gasteiger partial charge in [0.05, 0.1) is 6.10 Å². The first-order chi connectivity index (χ1) is 8.10. The molecule has 2 heterocycles. The molecule has 17 heavy (non-hydrogen) atoms. The Morgan fingerprint density at radius 3 is 1.82 bits per heavy atom. The van der Waals surface area contributed by atoms with Gasteiger partial charge in [0.25, 0.3) is 10.2 Å². The SMILES string of the molecule is O=S(=O)(N1CCCCCC1)N1CCC(O)CC1. The van der Waals surface area contributed by atoms with Gasteiger partial charge in [0.15, 0.2) is 0 Å². The number of nitrogens with zero attached hydrogens (tertiary/aromatic N) is 2. The third-order valence-corrected chi connectivity index (χ3v) is 5.68. The zero-order valence-electron chi connectivity index (χ0n) is 10.2. The van der Waals surface area contributed by atoms with Crippen LogP contribution in [0.1, 0.15) is 38.5 Å². The third-order valence-electron chi connectivity index (χ3n) is 3.64. The second-order valence-corrected chi connectivity index (χ2v) is 6.88. The number of rotatable bonds is 2. The van der Waals surface area contributed by atoms with Crippen molar-refractivity contribution in [3.05, 3.63) is 0 Å². The maximum atomic E-state index is 12.4. The van der Waals surface area contributed by atoms with E-state index in [4.69, 9.17) is 0 Å². The van der Waals surface area contributed by atoms with Crippen molar-refractivity contribution in [1.29, 1.82) is 0 Å². The summed E-state index contributed by atoms with van der Waals surface area (Å²) in [5.41, 5.74) is 0. The van der Waals surface area contributed by atoms with Crippen LogP contribution in [0.25, 0.3) is 0 Å². The average Bonchev–Trinajstić information content (AvgIpc) is 2.58. The van der Waals surface area contributed by atoms with Gasteiger partial charge >= 0.3 is 0 Å². The molecule has 2 rings (SSSR count). The molecule has 1 N–H and O–H groups in total. The predicted molar refractivity (Wildman–Crippen MR) is 65.8 cm³/mol. The van der Waals surface area contributed by atoms with Gasteiger partial charge in [-0.15, -0.1) is 0 Å². The quantitative estimate of drug-likeness (QED) is 0.791. The van der Waals surface area contributed by atoms with Gasteiger partial charge in [-0.05, 0) is 25.7 Å². The summed E-state index contributed by atoms with van der Waals surface area (Å²) in [6, 6.07) is 0. The first-order valence-corrected chi connectivity index (χ1v) is 7.94. The van der Waals surface area contributed by atoms with Gasteiger partial charge in [0.2, 0.25) is 0 Å². The Hall–Kier alpha value is -0.170. The van der Waals surface area contributed by atoms with Crippen LogP contribution in [0.4, 0.5) is 0 Å². The van der Waals surface area contributed by atoms with E-state index in [1.54, 1.807) is 4.31 Å². The molecule has 2 aliphatic rings.